The van der Waals surface area contributed by atoms with E-state index in [4.69, 9.17) is 0 Å². The van der Waals surface area contributed by atoms with Gasteiger partial charge in [-0.05, 0) is 12.5 Å². The summed E-state index contributed by atoms with van der Waals surface area (Å²) in [6.07, 6.45) is 2.03. The van der Waals surface area contributed by atoms with Crippen molar-refractivity contribution in [3.8, 4) is 0 Å². The van der Waals surface area contributed by atoms with Gasteiger partial charge in [0.05, 0.1) is 11.6 Å². The van der Waals surface area contributed by atoms with Gasteiger partial charge in [0.15, 0.2) is 7.05 Å². The van der Waals surface area contributed by atoms with Gasteiger partial charge >= 0.3 is 0 Å². The minimum absolute atomic E-state index is 1.25. The van der Waals surface area contributed by atoms with Gasteiger partial charge in [-0.1, -0.05) is 12.1 Å². The maximum Gasteiger partial charge on any atom is 0.238 e. The van der Waals surface area contributed by atoms with Crippen LogP contribution in [0.5, 0.6) is 0 Å². The van der Waals surface area contributed by atoms with Gasteiger partial charge in [-0.2, -0.15) is 5.10 Å². The first kappa shape index (κ1) is 6.40. The lowest BCUT2D eigenvalue weighted by Gasteiger charge is -1.88. The summed E-state index contributed by atoms with van der Waals surface area (Å²) in [7, 11) is 2.02. The van der Waals surface area contributed by atoms with Crippen LogP contribution in [0.3, 0.4) is 0 Å². The summed E-state index contributed by atoms with van der Waals surface area (Å²) in [5.41, 5.74) is 2.57. The summed E-state index contributed by atoms with van der Waals surface area (Å²) in [4.78, 5) is 0. The number of hydrogen-bond donors (Lipinski definition) is 1. The van der Waals surface area contributed by atoms with Crippen LogP contribution in [0.15, 0.2) is 24.4 Å². The molecule has 0 atom stereocenters. The Morgan fingerprint density at radius 2 is 2.18 bits per heavy atom. The summed E-state index contributed by atoms with van der Waals surface area (Å²) in [5.74, 6) is 0. The zero-order valence-electron chi connectivity index (χ0n) is 6.76. The Kier molecular flexibility index (Phi) is 1.22. The Hall–Kier alpha value is -1.31. The van der Waals surface area contributed by atoms with Crippen LogP contribution in [-0.4, -0.2) is 5.10 Å². The summed E-state index contributed by atoms with van der Waals surface area (Å²) >= 11 is 0. The Morgan fingerprint density at radius 1 is 1.36 bits per heavy atom. The maximum absolute atomic E-state index is 3.13. The van der Waals surface area contributed by atoms with Crippen molar-refractivity contribution in [3.63, 3.8) is 0 Å². The van der Waals surface area contributed by atoms with Gasteiger partial charge in [-0.25, -0.2) is 0 Å². The highest BCUT2D eigenvalue weighted by Gasteiger charge is 2.06. The van der Waals surface area contributed by atoms with Crippen molar-refractivity contribution in [1.82, 2.24) is 5.10 Å². The number of aryl methyl sites for hydroxylation is 2. The third-order valence-electron chi connectivity index (χ3n) is 2.07. The Balaban J connectivity index is 2.94. The smallest absolute Gasteiger partial charge is 0.172 e. The number of fused-ring (bicyclic) bond motifs is 1. The van der Waals surface area contributed by atoms with Gasteiger partial charge in [0.25, 0.3) is 0 Å². The molecule has 0 bridgehead atoms. The highest BCUT2D eigenvalue weighted by atomic mass is 15.2. The summed E-state index contributed by atoms with van der Waals surface area (Å²) < 4.78 is 2.02. The third kappa shape index (κ3) is 0.827. The van der Waals surface area contributed by atoms with Crippen LogP contribution in [0.4, 0.5) is 0 Å². The second-order valence-electron chi connectivity index (χ2n) is 2.84. The van der Waals surface area contributed by atoms with Crippen molar-refractivity contribution in [3.05, 3.63) is 30.0 Å². The number of aromatic amines is 1. The number of hydrogen-bond acceptors (Lipinski definition) is 0. The number of aromatic nitrogens is 2. The fourth-order valence-electron chi connectivity index (χ4n) is 1.38. The quantitative estimate of drug-likeness (QED) is 0.542. The van der Waals surface area contributed by atoms with Crippen molar-refractivity contribution >= 4 is 10.9 Å². The zero-order valence-corrected chi connectivity index (χ0v) is 6.76. The van der Waals surface area contributed by atoms with Crippen molar-refractivity contribution in [2.45, 2.75) is 6.92 Å². The molecule has 0 saturated heterocycles. The molecule has 0 aliphatic rings. The number of nitrogens with zero attached hydrogens (tertiary/aromatic N) is 1. The van der Waals surface area contributed by atoms with E-state index in [1.807, 2.05) is 17.9 Å². The van der Waals surface area contributed by atoms with E-state index in [0.29, 0.717) is 0 Å². The van der Waals surface area contributed by atoms with E-state index < -0.39 is 0 Å². The van der Waals surface area contributed by atoms with Gasteiger partial charge in [0, 0.05) is 6.07 Å². The SMILES string of the molecule is Cc1cccc2c1c[nH][n+]2C. The lowest BCUT2D eigenvalue weighted by molar-refractivity contribution is -0.702. The average Bonchev–Trinajstić information content (AvgIpc) is 2.35. The van der Waals surface area contributed by atoms with Crippen molar-refractivity contribution in [2.75, 3.05) is 0 Å². The highest BCUT2D eigenvalue weighted by Crippen LogP contribution is 2.12. The fourth-order valence-corrected chi connectivity index (χ4v) is 1.38. The molecular weight excluding hydrogens is 136 g/mol. The van der Waals surface area contributed by atoms with E-state index >= 15 is 0 Å². The van der Waals surface area contributed by atoms with E-state index in [1.54, 1.807) is 0 Å². The highest BCUT2D eigenvalue weighted by molar-refractivity contribution is 5.78. The second-order valence-corrected chi connectivity index (χ2v) is 2.84. The molecule has 1 heterocycles. The van der Waals surface area contributed by atoms with Gasteiger partial charge in [0.1, 0.15) is 0 Å². The molecule has 0 aliphatic carbocycles. The summed E-state index contributed by atoms with van der Waals surface area (Å²) in [5, 5.41) is 4.44. The molecule has 1 aromatic carbocycles. The molecule has 0 amide bonds. The average molecular weight is 147 g/mol. The molecule has 0 spiro atoms. The van der Waals surface area contributed by atoms with Crippen LogP contribution in [0.25, 0.3) is 10.9 Å². The van der Waals surface area contributed by atoms with Gasteiger partial charge in [-0.3, -0.25) is 0 Å². The third-order valence-corrected chi connectivity index (χ3v) is 2.07. The lowest BCUT2D eigenvalue weighted by atomic mass is 10.1. The molecule has 2 nitrogen and oxygen atoms in total. The molecule has 2 heteroatoms. The molecule has 0 radical (unpaired) electrons. The first-order valence-electron chi connectivity index (χ1n) is 3.72. The van der Waals surface area contributed by atoms with E-state index in [9.17, 15) is 0 Å². The van der Waals surface area contributed by atoms with Crippen LogP contribution in [0.1, 0.15) is 5.56 Å². The first-order chi connectivity index (χ1) is 5.29. The van der Waals surface area contributed by atoms with Gasteiger partial charge < -0.3 is 0 Å². The molecule has 1 aromatic heterocycles. The minimum Gasteiger partial charge on any atom is -0.172 e. The topological polar surface area (TPSA) is 19.7 Å². The molecule has 2 aromatic rings. The van der Waals surface area contributed by atoms with Crippen LogP contribution in [0.2, 0.25) is 0 Å². The molecular formula is C9H11N2+. The first-order valence-corrected chi connectivity index (χ1v) is 3.72. The standard InChI is InChI=1S/C9H10N2/c1-7-4-3-5-9-8(7)6-10-11(9)2/h3-6H,1-2H3/p+1. The number of H-pyrrole nitrogens is 1. The molecule has 0 aliphatic heterocycles. The summed E-state index contributed by atoms with van der Waals surface area (Å²) in [6.45, 7) is 2.12. The fraction of sp³-hybridized carbons (Fsp3) is 0.222. The van der Waals surface area contributed by atoms with E-state index in [-0.39, 0.29) is 0 Å². The van der Waals surface area contributed by atoms with Crippen molar-refractivity contribution in [1.29, 1.82) is 0 Å². The number of benzene rings is 1. The van der Waals surface area contributed by atoms with Gasteiger partial charge in [-0.15, -0.1) is 4.68 Å². The Labute approximate surface area is 65.5 Å². The molecule has 11 heavy (non-hydrogen) atoms. The zero-order chi connectivity index (χ0) is 7.84. The Bertz CT molecular complexity index is 387. The predicted octanol–water partition coefficient (Wildman–Crippen LogP) is 1.30. The minimum atomic E-state index is 1.25. The molecule has 56 valence electrons. The largest absolute Gasteiger partial charge is 0.238 e. The van der Waals surface area contributed by atoms with Crippen LogP contribution in [0, 0.1) is 6.92 Å². The lowest BCUT2D eigenvalue weighted by Crippen LogP contribution is -2.29. The number of nitrogens with one attached hydrogen (secondary N) is 1. The van der Waals surface area contributed by atoms with Gasteiger partial charge in [0.2, 0.25) is 5.52 Å². The molecule has 2 rings (SSSR count). The van der Waals surface area contributed by atoms with Crippen molar-refractivity contribution < 1.29 is 4.68 Å². The van der Waals surface area contributed by atoms with E-state index in [2.05, 4.69) is 30.2 Å². The van der Waals surface area contributed by atoms with Crippen LogP contribution in [-0.2, 0) is 7.05 Å². The molecule has 1 N–H and O–H groups in total. The maximum atomic E-state index is 3.13. The molecule has 0 saturated carbocycles. The summed E-state index contributed by atoms with van der Waals surface area (Å²) in [6, 6.07) is 6.31. The molecule has 0 fully saturated rings. The van der Waals surface area contributed by atoms with Crippen molar-refractivity contribution in [2.24, 2.45) is 7.05 Å². The second kappa shape index (κ2) is 2.09. The van der Waals surface area contributed by atoms with Crippen LogP contribution >= 0.6 is 0 Å². The number of rotatable bonds is 0. The van der Waals surface area contributed by atoms with E-state index in [1.165, 1.54) is 16.5 Å². The normalized spacial score (nSPS) is 10.7. The van der Waals surface area contributed by atoms with Crippen LogP contribution < -0.4 is 4.68 Å². The molecule has 0 unspecified atom stereocenters. The van der Waals surface area contributed by atoms with E-state index in [0.717, 1.165) is 0 Å². The predicted molar refractivity (Wildman–Crippen MR) is 44.2 cm³/mol. The Morgan fingerprint density at radius 3 is 2.91 bits per heavy atom. The monoisotopic (exact) mass is 147 g/mol.